The maximum absolute atomic E-state index is 10.8. The first-order valence-electron chi connectivity index (χ1n) is 5.40. The highest BCUT2D eigenvalue weighted by Gasteiger charge is 2.24. The predicted octanol–water partition coefficient (Wildman–Crippen LogP) is 2.68. The van der Waals surface area contributed by atoms with Crippen LogP contribution in [0.15, 0.2) is 30.5 Å². The number of carboxylic acids is 1. The van der Waals surface area contributed by atoms with Gasteiger partial charge in [-0.05, 0) is 12.1 Å². The van der Waals surface area contributed by atoms with Crippen molar-refractivity contribution < 1.29 is 14.6 Å². The van der Waals surface area contributed by atoms with Gasteiger partial charge in [0.05, 0.1) is 18.4 Å². The molecule has 0 saturated carbocycles. The number of nitrogens with one attached hydrogen (secondary N) is 1. The number of carbonyl (C=O) groups is 1. The molecular formula is C13H11NO3. The van der Waals surface area contributed by atoms with Crippen molar-refractivity contribution in [2.45, 2.75) is 12.5 Å². The molecule has 1 aliphatic heterocycles. The van der Waals surface area contributed by atoms with Gasteiger partial charge in [-0.2, -0.15) is 0 Å². The molecule has 2 aromatic rings. The van der Waals surface area contributed by atoms with Crippen molar-refractivity contribution in [1.82, 2.24) is 4.98 Å². The van der Waals surface area contributed by atoms with E-state index in [4.69, 9.17) is 9.84 Å². The highest BCUT2D eigenvalue weighted by molar-refractivity contribution is 5.91. The lowest BCUT2D eigenvalue weighted by molar-refractivity contribution is -0.139. The van der Waals surface area contributed by atoms with E-state index in [1.54, 1.807) is 6.26 Å². The number of aromatic nitrogens is 1. The summed E-state index contributed by atoms with van der Waals surface area (Å²) >= 11 is 0. The Kier molecular flexibility index (Phi) is 2.14. The van der Waals surface area contributed by atoms with Gasteiger partial charge >= 0.3 is 5.97 Å². The molecule has 17 heavy (non-hydrogen) atoms. The largest absolute Gasteiger partial charge is 0.491 e. The normalized spacial score (nSPS) is 17.8. The Morgan fingerprint density at radius 3 is 3.06 bits per heavy atom. The molecule has 2 heterocycles. The van der Waals surface area contributed by atoms with Crippen LogP contribution in [0.5, 0.6) is 0 Å². The van der Waals surface area contributed by atoms with Crippen LogP contribution in [0.1, 0.15) is 23.8 Å². The smallest absolute Gasteiger partial charge is 0.307 e. The van der Waals surface area contributed by atoms with Crippen molar-refractivity contribution in [2.24, 2.45) is 0 Å². The fourth-order valence-electron chi connectivity index (χ4n) is 2.20. The molecule has 0 spiro atoms. The molecule has 1 aromatic carbocycles. The van der Waals surface area contributed by atoms with Crippen LogP contribution in [0.4, 0.5) is 0 Å². The van der Waals surface area contributed by atoms with Crippen LogP contribution in [0.2, 0.25) is 0 Å². The van der Waals surface area contributed by atoms with Gasteiger partial charge in [-0.25, -0.2) is 0 Å². The lowest BCUT2D eigenvalue weighted by atomic mass is 10.0. The van der Waals surface area contributed by atoms with E-state index in [-0.39, 0.29) is 6.42 Å². The Morgan fingerprint density at radius 2 is 2.24 bits per heavy atom. The summed E-state index contributed by atoms with van der Waals surface area (Å²) in [6.45, 7) is 0. The molecule has 4 nitrogen and oxygen atoms in total. The molecule has 1 aliphatic rings. The van der Waals surface area contributed by atoms with Crippen LogP contribution in [0.3, 0.4) is 0 Å². The van der Waals surface area contributed by atoms with Crippen LogP contribution in [-0.2, 0) is 9.53 Å². The zero-order chi connectivity index (χ0) is 11.8. The summed E-state index contributed by atoms with van der Waals surface area (Å²) in [7, 11) is 0. The standard InChI is InChI=1S/C13H11NO3/c15-12(16)7-11-13-9(5-6-17-11)8-3-1-2-4-10(8)14-13/h1-6,11,14H,7H2,(H,15,16). The van der Waals surface area contributed by atoms with E-state index in [2.05, 4.69) is 4.98 Å². The highest BCUT2D eigenvalue weighted by Crippen LogP contribution is 2.34. The number of carboxylic acid groups (broad SMARTS) is 1. The fourth-order valence-corrected chi connectivity index (χ4v) is 2.20. The summed E-state index contributed by atoms with van der Waals surface area (Å²) in [5, 5.41) is 9.94. The van der Waals surface area contributed by atoms with Gasteiger partial charge in [-0.15, -0.1) is 0 Å². The number of hydrogen-bond donors (Lipinski definition) is 2. The Hall–Kier alpha value is -2.23. The third-order valence-corrected chi connectivity index (χ3v) is 2.94. The molecule has 1 atom stereocenters. The minimum atomic E-state index is -0.866. The van der Waals surface area contributed by atoms with Crippen LogP contribution in [0, 0.1) is 0 Å². The molecule has 4 heteroatoms. The minimum absolute atomic E-state index is 0.0375. The number of benzene rings is 1. The van der Waals surface area contributed by atoms with E-state index in [1.165, 1.54) is 0 Å². The lowest BCUT2D eigenvalue weighted by Gasteiger charge is -2.18. The van der Waals surface area contributed by atoms with Crippen LogP contribution >= 0.6 is 0 Å². The Morgan fingerprint density at radius 1 is 1.41 bits per heavy atom. The summed E-state index contributed by atoms with van der Waals surface area (Å²) in [5.74, 6) is -0.866. The first kappa shape index (κ1) is 9.96. The molecule has 1 unspecified atom stereocenters. The third kappa shape index (κ3) is 1.58. The number of fused-ring (bicyclic) bond motifs is 3. The van der Waals surface area contributed by atoms with Crippen molar-refractivity contribution in [2.75, 3.05) is 0 Å². The number of aromatic amines is 1. The first-order valence-corrected chi connectivity index (χ1v) is 5.40. The quantitative estimate of drug-likeness (QED) is 0.832. The molecule has 0 aliphatic carbocycles. The van der Waals surface area contributed by atoms with Gasteiger partial charge in [0, 0.05) is 16.5 Å². The highest BCUT2D eigenvalue weighted by atomic mass is 16.5. The lowest BCUT2D eigenvalue weighted by Crippen LogP contribution is -2.11. The van der Waals surface area contributed by atoms with Crippen molar-refractivity contribution in [1.29, 1.82) is 0 Å². The summed E-state index contributed by atoms with van der Waals surface area (Å²) < 4.78 is 5.35. The van der Waals surface area contributed by atoms with E-state index < -0.39 is 12.1 Å². The number of H-pyrrole nitrogens is 1. The topological polar surface area (TPSA) is 62.3 Å². The van der Waals surface area contributed by atoms with Gasteiger partial charge in [-0.1, -0.05) is 18.2 Å². The summed E-state index contributed by atoms with van der Waals surface area (Å²) in [4.78, 5) is 14.0. The molecule has 0 radical (unpaired) electrons. The van der Waals surface area contributed by atoms with E-state index in [0.29, 0.717) is 0 Å². The van der Waals surface area contributed by atoms with Crippen molar-refractivity contribution in [3.8, 4) is 0 Å². The first-order chi connectivity index (χ1) is 8.25. The van der Waals surface area contributed by atoms with E-state index in [9.17, 15) is 4.79 Å². The van der Waals surface area contributed by atoms with Crippen molar-refractivity contribution in [3.05, 3.63) is 41.8 Å². The number of hydrogen-bond acceptors (Lipinski definition) is 2. The Labute approximate surface area is 97.5 Å². The van der Waals surface area contributed by atoms with E-state index in [0.717, 1.165) is 22.2 Å². The molecular weight excluding hydrogens is 218 g/mol. The fraction of sp³-hybridized carbons (Fsp3) is 0.154. The second kappa shape index (κ2) is 3.66. The van der Waals surface area contributed by atoms with E-state index in [1.807, 2.05) is 30.3 Å². The Balaban J connectivity index is 2.14. The average Bonchev–Trinajstić information content (AvgIpc) is 2.68. The summed E-state index contributed by atoms with van der Waals surface area (Å²) in [6.07, 6.45) is 2.97. The third-order valence-electron chi connectivity index (χ3n) is 2.94. The van der Waals surface area contributed by atoms with Crippen LogP contribution in [0.25, 0.3) is 17.0 Å². The zero-order valence-corrected chi connectivity index (χ0v) is 9.01. The van der Waals surface area contributed by atoms with E-state index >= 15 is 0 Å². The molecule has 3 rings (SSSR count). The number of ether oxygens (including phenoxy) is 1. The number of para-hydroxylation sites is 1. The molecule has 1 aromatic heterocycles. The molecule has 0 fully saturated rings. The summed E-state index contributed by atoms with van der Waals surface area (Å²) in [5.41, 5.74) is 2.87. The second-order valence-electron chi connectivity index (χ2n) is 4.02. The van der Waals surface area contributed by atoms with Gasteiger partial charge in [0.15, 0.2) is 0 Å². The molecule has 2 N–H and O–H groups in total. The van der Waals surface area contributed by atoms with Gasteiger partial charge in [0.1, 0.15) is 6.10 Å². The molecule has 86 valence electrons. The van der Waals surface area contributed by atoms with Gasteiger partial charge in [0.25, 0.3) is 0 Å². The van der Waals surface area contributed by atoms with Gasteiger partial charge in [0.2, 0.25) is 0 Å². The van der Waals surface area contributed by atoms with Gasteiger partial charge < -0.3 is 14.8 Å². The number of rotatable bonds is 2. The second-order valence-corrected chi connectivity index (χ2v) is 4.02. The van der Waals surface area contributed by atoms with Crippen molar-refractivity contribution >= 4 is 22.9 Å². The van der Waals surface area contributed by atoms with Crippen LogP contribution in [-0.4, -0.2) is 16.1 Å². The zero-order valence-electron chi connectivity index (χ0n) is 9.01. The number of aliphatic carboxylic acids is 1. The average molecular weight is 229 g/mol. The van der Waals surface area contributed by atoms with Crippen molar-refractivity contribution in [3.63, 3.8) is 0 Å². The maximum atomic E-state index is 10.8. The monoisotopic (exact) mass is 229 g/mol. The Bertz CT molecular complexity index is 612. The molecule has 0 bridgehead atoms. The molecule has 0 amide bonds. The summed E-state index contributed by atoms with van der Waals surface area (Å²) in [6, 6.07) is 7.89. The predicted molar refractivity (Wildman–Crippen MR) is 63.4 cm³/mol. The minimum Gasteiger partial charge on any atom is -0.491 e. The SMILES string of the molecule is O=C(O)CC1OC=Cc2c1[nH]c1ccccc21. The molecule has 0 saturated heterocycles. The van der Waals surface area contributed by atoms with Gasteiger partial charge in [-0.3, -0.25) is 4.79 Å². The maximum Gasteiger partial charge on any atom is 0.307 e. The van der Waals surface area contributed by atoms with Crippen LogP contribution < -0.4 is 0 Å².